The lowest BCUT2D eigenvalue weighted by molar-refractivity contribution is -0.109. The molecule has 1 aromatic heterocycles. The predicted molar refractivity (Wildman–Crippen MR) is 114 cm³/mol. The van der Waals surface area contributed by atoms with Crippen LogP contribution in [-0.4, -0.2) is 67.9 Å². The van der Waals surface area contributed by atoms with Crippen LogP contribution in [0.4, 0.5) is 0 Å². The molecule has 10 heteroatoms. The molecule has 0 radical (unpaired) electrons. The summed E-state index contributed by atoms with van der Waals surface area (Å²) in [4.78, 5) is 18.9. The fourth-order valence-electron chi connectivity index (χ4n) is 4.58. The van der Waals surface area contributed by atoms with Crippen molar-refractivity contribution in [2.75, 3.05) is 19.8 Å². The smallest absolute Gasteiger partial charge is 0.220 e. The zero-order chi connectivity index (χ0) is 21.7. The molecule has 0 aromatic carbocycles. The average Bonchev–Trinajstić information content (AvgIpc) is 3.64. The van der Waals surface area contributed by atoms with E-state index in [0.717, 1.165) is 63.5 Å². The van der Waals surface area contributed by atoms with E-state index in [1.54, 1.807) is 6.20 Å². The highest BCUT2D eigenvalue weighted by molar-refractivity contribution is 7.90. The number of aldehydes is 1. The molecule has 2 saturated carbocycles. The van der Waals surface area contributed by atoms with Gasteiger partial charge in [0.25, 0.3) is 0 Å². The van der Waals surface area contributed by atoms with Gasteiger partial charge >= 0.3 is 0 Å². The Morgan fingerprint density at radius 3 is 2.71 bits per heavy atom. The number of carbonyl (C=O) groups is 1. The van der Waals surface area contributed by atoms with Crippen molar-refractivity contribution in [3.8, 4) is 5.88 Å². The Labute approximate surface area is 183 Å². The van der Waals surface area contributed by atoms with Gasteiger partial charge in [0.05, 0.1) is 18.0 Å². The Morgan fingerprint density at radius 1 is 1.16 bits per heavy atom. The Morgan fingerprint density at radius 2 is 1.97 bits per heavy atom. The van der Waals surface area contributed by atoms with Crippen LogP contribution in [0.5, 0.6) is 5.88 Å². The van der Waals surface area contributed by atoms with Crippen LogP contribution in [0.25, 0.3) is 0 Å². The summed E-state index contributed by atoms with van der Waals surface area (Å²) in [5.41, 5.74) is 0.950. The number of aromatic nitrogens is 2. The van der Waals surface area contributed by atoms with Crippen molar-refractivity contribution in [2.24, 2.45) is 0 Å². The maximum absolute atomic E-state index is 12.4. The summed E-state index contributed by atoms with van der Waals surface area (Å²) >= 11 is 0. The average molecular weight is 453 g/mol. The van der Waals surface area contributed by atoms with Crippen molar-refractivity contribution in [2.45, 2.75) is 80.7 Å². The summed E-state index contributed by atoms with van der Waals surface area (Å²) in [7, 11) is -3.20. The Hall–Kier alpha value is -1.62. The number of sulfonamides is 1. The highest BCUT2D eigenvalue weighted by Gasteiger charge is 2.39. The minimum atomic E-state index is -3.20. The Balaban J connectivity index is 1.26. The van der Waals surface area contributed by atoms with Crippen LogP contribution in [-0.2, 0) is 19.6 Å². The Kier molecular flexibility index (Phi) is 7.52. The summed E-state index contributed by atoms with van der Waals surface area (Å²) in [6, 6.07) is -0.0967. The van der Waals surface area contributed by atoms with Gasteiger partial charge in [0.2, 0.25) is 15.9 Å². The molecule has 1 saturated heterocycles. The highest BCUT2D eigenvalue weighted by atomic mass is 32.2. The topological polar surface area (TPSA) is 120 Å². The molecule has 0 unspecified atom stereocenters. The number of rotatable bonds is 10. The second kappa shape index (κ2) is 10.3. The maximum atomic E-state index is 12.4. The van der Waals surface area contributed by atoms with E-state index in [2.05, 4.69) is 20.0 Å². The van der Waals surface area contributed by atoms with Crippen molar-refractivity contribution in [3.63, 3.8) is 0 Å². The number of piperidine rings is 1. The molecule has 0 bridgehead atoms. The van der Waals surface area contributed by atoms with Crippen LogP contribution in [0, 0.1) is 0 Å². The van der Waals surface area contributed by atoms with Crippen LogP contribution >= 0.6 is 0 Å². The molecule has 0 spiro atoms. The van der Waals surface area contributed by atoms with Gasteiger partial charge in [0, 0.05) is 23.8 Å². The van der Waals surface area contributed by atoms with Gasteiger partial charge < -0.3 is 14.8 Å². The van der Waals surface area contributed by atoms with E-state index in [1.807, 2.05) is 0 Å². The first-order valence-electron chi connectivity index (χ1n) is 11.3. The molecule has 0 amide bonds. The largest absolute Gasteiger partial charge is 0.470 e. The van der Waals surface area contributed by atoms with Crippen molar-refractivity contribution in [1.82, 2.24) is 20.0 Å². The number of nitrogens with one attached hydrogen (secondary N) is 2. The maximum Gasteiger partial charge on any atom is 0.220 e. The van der Waals surface area contributed by atoms with E-state index >= 15 is 0 Å². The van der Waals surface area contributed by atoms with Crippen LogP contribution in [0.3, 0.4) is 0 Å². The van der Waals surface area contributed by atoms with Gasteiger partial charge in [-0.15, -0.1) is 0 Å². The lowest BCUT2D eigenvalue weighted by Crippen LogP contribution is -2.56. The second-order valence-electron chi connectivity index (χ2n) is 8.74. The van der Waals surface area contributed by atoms with Crippen LogP contribution < -0.4 is 14.8 Å². The van der Waals surface area contributed by atoms with Crippen molar-refractivity contribution in [1.29, 1.82) is 0 Å². The molecule has 2 N–H and O–H groups in total. The molecular weight excluding hydrogens is 420 g/mol. The van der Waals surface area contributed by atoms with E-state index in [-0.39, 0.29) is 36.0 Å². The number of carbonyl (C=O) groups excluding carboxylic acids is 1. The molecule has 31 heavy (non-hydrogen) atoms. The number of nitrogens with zero attached hydrogens (tertiary/aromatic N) is 2. The van der Waals surface area contributed by atoms with E-state index in [0.29, 0.717) is 18.8 Å². The normalized spacial score (nSPS) is 29.4. The molecule has 1 aromatic rings. The van der Waals surface area contributed by atoms with Crippen LogP contribution in [0.1, 0.15) is 62.8 Å². The lowest BCUT2D eigenvalue weighted by atomic mass is 9.83. The minimum Gasteiger partial charge on any atom is -0.470 e. The molecule has 1 aliphatic heterocycles. The standard InChI is InChI=1S/C21H32N4O5S/c26-10-11-29-21-18(12-22-14-24-21)15-3-5-16(6-4-15)30-13-20-19(2-1-9-23-20)25-31(27,28)17-7-8-17/h10,12,14-17,19-20,23,25H,1-9,11,13H2/t15?,16?,19-,20-/m0/s1. The molecule has 3 aliphatic rings. The van der Waals surface area contributed by atoms with Gasteiger partial charge in [-0.3, -0.25) is 4.79 Å². The number of hydrogen-bond acceptors (Lipinski definition) is 8. The molecule has 4 rings (SSSR count). The monoisotopic (exact) mass is 452 g/mol. The first-order chi connectivity index (χ1) is 15.1. The SMILES string of the molecule is O=CCOc1ncncc1C1CCC(OC[C@@H]2NCCC[C@@H]2NS(=O)(=O)C2CC2)CC1. The second-order valence-corrected chi connectivity index (χ2v) is 10.7. The third-order valence-corrected chi connectivity index (χ3v) is 8.46. The van der Waals surface area contributed by atoms with Gasteiger partial charge in [-0.2, -0.15) is 0 Å². The van der Waals surface area contributed by atoms with Gasteiger partial charge in [-0.25, -0.2) is 23.1 Å². The third-order valence-electron chi connectivity index (χ3n) is 6.48. The molecule has 2 atom stereocenters. The van der Waals surface area contributed by atoms with E-state index in [9.17, 15) is 13.2 Å². The van der Waals surface area contributed by atoms with Gasteiger partial charge in [-0.1, -0.05) is 0 Å². The Bertz CT molecular complexity index is 840. The molecule has 3 fully saturated rings. The van der Waals surface area contributed by atoms with Crippen molar-refractivity contribution >= 4 is 16.3 Å². The predicted octanol–water partition coefficient (Wildman–Crippen LogP) is 1.30. The quantitative estimate of drug-likeness (QED) is 0.510. The zero-order valence-corrected chi connectivity index (χ0v) is 18.6. The fourth-order valence-corrected chi connectivity index (χ4v) is 6.23. The van der Waals surface area contributed by atoms with Crippen molar-refractivity contribution in [3.05, 3.63) is 18.1 Å². The molecule has 172 valence electrons. The number of hydrogen-bond donors (Lipinski definition) is 2. The lowest BCUT2D eigenvalue weighted by Gasteiger charge is -2.35. The molecule has 2 aliphatic carbocycles. The first kappa shape index (κ1) is 22.6. The summed E-state index contributed by atoms with van der Waals surface area (Å²) in [6.07, 6.45) is 11.1. The van der Waals surface area contributed by atoms with E-state index in [4.69, 9.17) is 9.47 Å². The molecule has 9 nitrogen and oxygen atoms in total. The fraction of sp³-hybridized carbons (Fsp3) is 0.762. The first-order valence-corrected chi connectivity index (χ1v) is 12.8. The molecule has 2 heterocycles. The summed E-state index contributed by atoms with van der Waals surface area (Å²) < 4.78 is 39.3. The van der Waals surface area contributed by atoms with Crippen LogP contribution in [0.15, 0.2) is 12.5 Å². The van der Waals surface area contributed by atoms with Crippen molar-refractivity contribution < 1.29 is 22.7 Å². The van der Waals surface area contributed by atoms with Gasteiger partial charge in [-0.05, 0) is 63.8 Å². The summed E-state index contributed by atoms with van der Waals surface area (Å²) in [6.45, 7) is 1.39. The molecular formula is C21H32N4O5S. The third kappa shape index (κ3) is 6.00. The number of ether oxygens (including phenoxy) is 2. The van der Waals surface area contributed by atoms with Gasteiger partial charge in [0.15, 0.2) is 6.29 Å². The van der Waals surface area contributed by atoms with E-state index < -0.39 is 10.0 Å². The highest BCUT2D eigenvalue weighted by Crippen LogP contribution is 2.37. The minimum absolute atomic E-state index is 0.00543. The summed E-state index contributed by atoms with van der Waals surface area (Å²) in [5.74, 6) is 0.775. The van der Waals surface area contributed by atoms with E-state index in [1.165, 1.54) is 6.33 Å². The van der Waals surface area contributed by atoms with Gasteiger partial charge in [0.1, 0.15) is 12.9 Å². The summed E-state index contributed by atoms with van der Waals surface area (Å²) in [5, 5.41) is 3.24. The van der Waals surface area contributed by atoms with Crippen LogP contribution in [0.2, 0.25) is 0 Å². The zero-order valence-electron chi connectivity index (χ0n) is 17.7.